The first kappa shape index (κ1) is 15.4. The number of likely N-dealkylation sites (N-methyl/N-ethyl adjacent to an activating group) is 1. The Balaban J connectivity index is 2.55. The van der Waals surface area contributed by atoms with E-state index in [1.54, 1.807) is 7.11 Å². The number of amides is 1. The predicted octanol–water partition coefficient (Wildman–Crippen LogP) is 0.117. The Kier molecular flexibility index (Phi) is 6.60. The summed E-state index contributed by atoms with van der Waals surface area (Å²) in [7, 11) is 7.79. The van der Waals surface area contributed by atoms with Crippen molar-refractivity contribution < 1.29 is 9.53 Å². The Morgan fingerprint density at radius 2 is 1.89 bits per heavy atom. The number of likely N-dealkylation sites (tertiary alicyclic amines) is 1. The standard InChI is InChI=1S/C13H27N3O2/c1-14(2)9-10-16(13(17)11-18-4)12-5-7-15(3)8-6-12/h12H,5-11H2,1-4H3. The molecular formula is C13H27N3O2. The average molecular weight is 257 g/mol. The highest BCUT2D eigenvalue weighted by molar-refractivity contribution is 5.77. The van der Waals surface area contributed by atoms with Crippen LogP contribution in [0.25, 0.3) is 0 Å². The van der Waals surface area contributed by atoms with Gasteiger partial charge in [0.2, 0.25) is 5.91 Å². The maximum atomic E-state index is 12.1. The Morgan fingerprint density at radius 1 is 1.28 bits per heavy atom. The fourth-order valence-corrected chi connectivity index (χ4v) is 2.33. The first-order valence-electron chi connectivity index (χ1n) is 6.66. The third-order valence-corrected chi connectivity index (χ3v) is 3.51. The molecule has 1 aliphatic heterocycles. The number of nitrogens with zero attached hydrogens (tertiary/aromatic N) is 3. The van der Waals surface area contributed by atoms with Crippen LogP contribution in [0.15, 0.2) is 0 Å². The highest BCUT2D eigenvalue weighted by atomic mass is 16.5. The molecule has 106 valence electrons. The number of carbonyl (C=O) groups excluding carboxylic acids is 1. The van der Waals surface area contributed by atoms with Gasteiger partial charge in [-0.3, -0.25) is 4.79 Å². The van der Waals surface area contributed by atoms with Crippen molar-refractivity contribution in [2.24, 2.45) is 0 Å². The second kappa shape index (κ2) is 7.71. The zero-order valence-corrected chi connectivity index (χ0v) is 12.2. The van der Waals surface area contributed by atoms with E-state index in [2.05, 4.69) is 16.8 Å². The molecule has 1 rings (SSSR count). The van der Waals surface area contributed by atoms with Crippen molar-refractivity contribution in [1.82, 2.24) is 14.7 Å². The molecule has 0 aromatic rings. The summed E-state index contributed by atoms with van der Waals surface area (Å²) >= 11 is 0. The van der Waals surface area contributed by atoms with Gasteiger partial charge in [-0.2, -0.15) is 0 Å². The van der Waals surface area contributed by atoms with Gasteiger partial charge in [0.15, 0.2) is 0 Å². The van der Waals surface area contributed by atoms with Crippen LogP contribution in [-0.2, 0) is 9.53 Å². The molecule has 0 unspecified atom stereocenters. The van der Waals surface area contributed by atoms with Crippen LogP contribution in [0.4, 0.5) is 0 Å². The summed E-state index contributed by atoms with van der Waals surface area (Å²) < 4.78 is 4.99. The minimum atomic E-state index is 0.119. The van der Waals surface area contributed by atoms with Crippen LogP contribution in [0.3, 0.4) is 0 Å². The minimum absolute atomic E-state index is 0.119. The van der Waals surface area contributed by atoms with Gasteiger partial charge in [-0.1, -0.05) is 0 Å². The van der Waals surface area contributed by atoms with Gasteiger partial charge in [-0.15, -0.1) is 0 Å². The number of rotatable bonds is 6. The van der Waals surface area contributed by atoms with Gasteiger partial charge in [0.1, 0.15) is 6.61 Å². The molecule has 0 aliphatic carbocycles. The highest BCUT2D eigenvalue weighted by Crippen LogP contribution is 2.15. The van der Waals surface area contributed by atoms with Crippen molar-refractivity contribution in [2.45, 2.75) is 18.9 Å². The van der Waals surface area contributed by atoms with Crippen molar-refractivity contribution in [3.8, 4) is 0 Å². The fraction of sp³-hybridized carbons (Fsp3) is 0.923. The largest absolute Gasteiger partial charge is 0.375 e. The Labute approximate surface area is 111 Å². The number of hydrogen-bond acceptors (Lipinski definition) is 4. The van der Waals surface area contributed by atoms with Crippen molar-refractivity contribution in [3.05, 3.63) is 0 Å². The van der Waals surface area contributed by atoms with Gasteiger partial charge in [0.05, 0.1) is 0 Å². The summed E-state index contributed by atoms with van der Waals surface area (Å²) in [6.07, 6.45) is 2.14. The zero-order valence-electron chi connectivity index (χ0n) is 12.2. The SMILES string of the molecule is COCC(=O)N(CCN(C)C)C1CCN(C)CC1. The molecule has 0 aromatic heterocycles. The summed E-state index contributed by atoms with van der Waals surface area (Å²) in [5, 5.41) is 0. The highest BCUT2D eigenvalue weighted by Gasteiger charge is 2.26. The molecule has 0 spiro atoms. The number of ether oxygens (including phenoxy) is 1. The molecule has 0 N–H and O–H groups in total. The van der Waals surface area contributed by atoms with Crippen LogP contribution in [-0.4, -0.2) is 87.7 Å². The van der Waals surface area contributed by atoms with Gasteiger partial charge < -0.3 is 19.4 Å². The maximum Gasteiger partial charge on any atom is 0.248 e. The van der Waals surface area contributed by atoms with Gasteiger partial charge >= 0.3 is 0 Å². The zero-order chi connectivity index (χ0) is 13.5. The normalized spacial score (nSPS) is 18.3. The van der Waals surface area contributed by atoms with Crippen molar-refractivity contribution >= 4 is 5.91 Å². The smallest absolute Gasteiger partial charge is 0.248 e. The van der Waals surface area contributed by atoms with Crippen LogP contribution in [0.5, 0.6) is 0 Å². The number of piperidine rings is 1. The van der Waals surface area contributed by atoms with Crippen molar-refractivity contribution in [3.63, 3.8) is 0 Å². The molecule has 5 heteroatoms. The minimum Gasteiger partial charge on any atom is -0.375 e. The molecule has 1 amide bonds. The lowest BCUT2D eigenvalue weighted by Gasteiger charge is -2.37. The molecule has 0 atom stereocenters. The number of methoxy groups -OCH3 is 1. The molecule has 1 saturated heterocycles. The predicted molar refractivity (Wildman–Crippen MR) is 72.7 cm³/mol. The van der Waals surface area contributed by atoms with Gasteiger partial charge in [-0.05, 0) is 47.1 Å². The molecule has 5 nitrogen and oxygen atoms in total. The molecule has 1 fully saturated rings. The summed E-state index contributed by atoms with van der Waals surface area (Å²) in [4.78, 5) is 18.5. The maximum absolute atomic E-state index is 12.1. The fourth-order valence-electron chi connectivity index (χ4n) is 2.33. The Hall–Kier alpha value is -0.650. The monoisotopic (exact) mass is 257 g/mol. The summed E-state index contributed by atoms with van der Waals surface area (Å²) in [5.41, 5.74) is 0. The third-order valence-electron chi connectivity index (χ3n) is 3.51. The van der Waals surface area contributed by atoms with Gasteiger partial charge in [-0.25, -0.2) is 0 Å². The first-order chi connectivity index (χ1) is 8.54. The average Bonchev–Trinajstić information content (AvgIpc) is 2.31. The van der Waals surface area contributed by atoms with Crippen LogP contribution >= 0.6 is 0 Å². The van der Waals surface area contributed by atoms with E-state index >= 15 is 0 Å². The molecule has 0 bridgehead atoms. The molecular weight excluding hydrogens is 230 g/mol. The summed E-state index contributed by atoms with van der Waals surface area (Å²) in [6.45, 7) is 4.04. The second-order valence-corrected chi connectivity index (χ2v) is 5.36. The first-order valence-corrected chi connectivity index (χ1v) is 6.66. The Morgan fingerprint density at radius 3 is 2.39 bits per heavy atom. The van der Waals surface area contributed by atoms with Crippen LogP contribution in [0.1, 0.15) is 12.8 Å². The van der Waals surface area contributed by atoms with E-state index in [1.807, 2.05) is 19.0 Å². The summed E-state index contributed by atoms with van der Waals surface area (Å²) in [5.74, 6) is 0.119. The van der Waals surface area contributed by atoms with Crippen molar-refractivity contribution in [2.75, 3.05) is 61.0 Å². The summed E-state index contributed by atoms with van der Waals surface area (Å²) in [6, 6.07) is 0.379. The van der Waals surface area contributed by atoms with E-state index in [-0.39, 0.29) is 12.5 Å². The lowest BCUT2D eigenvalue weighted by molar-refractivity contribution is -0.138. The van der Waals surface area contributed by atoms with Crippen LogP contribution < -0.4 is 0 Å². The second-order valence-electron chi connectivity index (χ2n) is 5.36. The number of carbonyl (C=O) groups is 1. The van der Waals surface area contributed by atoms with Gasteiger partial charge in [0, 0.05) is 26.2 Å². The van der Waals surface area contributed by atoms with E-state index in [9.17, 15) is 4.79 Å². The van der Waals surface area contributed by atoms with E-state index in [1.165, 1.54) is 0 Å². The van der Waals surface area contributed by atoms with Crippen LogP contribution in [0.2, 0.25) is 0 Å². The van der Waals surface area contributed by atoms with E-state index in [0.29, 0.717) is 6.04 Å². The topological polar surface area (TPSA) is 36.0 Å². The van der Waals surface area contributed by atoms with Crippen molar-refractivity contribution in [1.29, 1.82) is 0 Å². The number of hydrogen-bond donors (Lipinski definition) is 0. The van der Waals surface area contributed by atoms with E-state index in [0.717, 1.165) is 39.0 Å². The molecule has 18 heavy (non-hydrogen) atoms. The van der Waals surface area contributed by atoms with E-state index < -0.39 is 0 Å². The lowest BCUT2D eigenvalue weighted by Crippen LogP contribution is -2.49. The van der Waals surface area contributed by atoms with Crippen LogP contribution in [0, 0.1) is 0 Å². The van der Waals surface area contributed by atoms with E-state index in [4.69, 9.17) is 4.74 Å². The molecule has 0 saturated carbocycles. The lowest BCUT2D eigenvalue weighted by atomic mass is 10.0. The Bertz CT molecular complexity index is 251. The molecule has 0 aromatic carbocycles. The van der Waals surface area contributed by atoms with Gasteiger partial charge in [0.25, 0.3) is 0 Å². The quantitative estimate of drug-likeness (QED) is 0.677. The third kappa shape index (κ3) is 4.92. The molecule has 1 heterocycles. The molecule has 1 aliphatic rings. The molecule has 0 radical (unpaired) electrons.